The predicted molar refractivity (Wildman–Crippen MR) is 36.8 cm³/mol. The van der Waals surface area contributed by atoms with Gasteiger partial charge in [-0.1, -0.05) is 0 Å². The fourth-order valence-electron chi connectivity index (χ4n) is 1.23. The summed E-state index contributed by atoms with van der Waals surface area (Å²) in [5.74, 6) is 0. The molecule has 0 aromatic rings. The minimum atomic E-state index is 0.282. The minimum absolute atomic E-state index is 0.282. The highest BCUT2D eigenvalue weighted by Gasteiger charge is 2.21. The van der Waals surface area contributed by atoms with Crippen molar-refractivity contribution in [3.63, 3.8) is 0 Å². The second-order valence-corrected chi connectivity index (χ2v) is 2.70. The monoisotopic (exact) mass is 124 g/mol. The molecule has 0 atom stereocenters. The Morgan fingerprint density at radius 3 is 2.22 bits per heavy atom. The van der Waals surface area contributed by atoms with Gasteiger partial charge in [0, 0.05) is 18.9 Å². The SMILES string of the molecule is [C-]#[N+]C1CCC(N)CC1. The molecule has 2 heteroatoms. The van der Waals surface area contributed by atoms with E-state index in [1.165, 1.54) is 0 Å². The van der Waals surface area contributed by atoms with E-state index in [2.05, 4.69) is 4.85 Å². The van der Waals surface area contributed by atoms with Gasteiger partial charge in [-0.2, -0.15) is 0 Å². The second kappa shape index (κ2) is 2.84. The first kappa shape index (κ1) is 6.57. The van der Waals surface area contributed by atoms with Crippen LogP contribution in [0.4, 0.5) is 0 Å². The Labute approximate surface area is 55.9 Å². The molecule has 0 amide bonds. The molecule has 1 aliphatic rings. The van der Waals surface area contributed by atoms with Crippen LogP contribution in [0.25, 0.3) is 4.85 Å². The van der Waals surface area contributed by atoms with Crippen LogP contribution in [0.15, 0.2) is 0 Å². The molecule has 0 bridgehead atoms. The summed E-state index contributed by atoms with van der Waals surface area (Å²) in [6, 6.07) is 0.660. The van der Waals surface area contributed by atoms with E-state index < -0.39 is 0 Å². The normalized spacial score (nSPS) is 35.6. The zero-order valence-electron chi connectivity index (χ0n) is 5.51. The standard InChI is InChI=1S/C7H12N2/c1-9-7-4-2-6(8)3-5-7/h6-7H,2-5,8H2. The summed E-state index contributed by atoms with van der Waals surface area (Å²) in [6.07, 6.45) is 4.13. The Kier molecular flexibility index (Phi) is 2.07. The van der Waals surface area contributed by atoms with Gasteiger partial charge in [0.05, 0.1) is 0 Å². The predicted octanol–water partition coefficient (Wildman–Crippen LogP) is 1.18. The van der Waals surface area contributed by atoms with E-state index in [1.54, 1.807) is 0 Å². The zero-order valence-corrected chi connectivity index (χ0v) is 5.51. The maximum Gasteiger partial charge on any atom is 0.223 e. The molecule has 0 aromatic carbocycles. The highest BCUT2D eigenvalue weighted by atomic mass is 14.7. The molecule has 2 N–H and O–H groups in total. The van der Waals surface area contributed by atoms with Gasteiger partial charge in [-0.05, 0) is 12.8 Å². The van der Waals surface area contributed by atoms with E-state index in [1.807, 2.05) is 0 Å². The topological polar surface area (TPSA) is 30.4 Å². The van der Waals surface area contributed by atoms with Crippen LogP contribution in [0.3, 0.4) is 0 Å². The van der Waals surface area contributed by atoms with Crippen molar-refractivity contribution in [2.24, 2.45) is 5.73 Å². The van der Waals surface area contributed by atoms with Gasteiger partial charge < -0.3 is 10.6 Å². The van der Waals surface area contributed by atoms with E-state index >= 15 is 0 Å². The van der Waals surface area contributed by atoms with Crippen LogP contribution in [0.1, 0.15) is 25.7 Å². The molecule has 0 aliphatic heterocycles. The molecule has 0 spiro atoms. The summed E-state index contributed by atoms with van der Waals surface area (Å²) >= 11 is 0. The van der Waals surface area contributed by atoms with Gasteiger partial charge in [0.1, 0.15) is 0 Å². The van der Waals surface area contributed by atoms with Gasteiger partial charge in [0.25, 0.3) is 0 Å². The van der Waals surface area contributed by atoms with E-state index in [9.17, 15) is 0 Å². The molecule has 9 heavy (non-hydrogen) atoms. The van der Waals surface area contributed by atoms with Gasteiger partial charge in [-0.25, -0.2) is 6.57 Å². The first-order chi connectivity index (χ1) is 4.33. The van der Waals surface area contributed by atoms with Crippen LogP contribution in [-0.2, 0) is 0 Å². The third kappa shape index (κ3) is 1.69. The second-order valence-electron chi connectivity index (χ2n) is 2.70. The van der Waals surface area contributed by atoms with Crippen molar-refractivity contribution in [1.82, 2.24) is 0 Å². The smallest absolute Gasteiger partial charge is 0.223 e. The molecule has 1 rings (SSSR count). The molecule has 0 saturated heterocycles. The van der Waals surface area contributed by atoms with Crippen molar-refractivity contribution >= 4 is 0 Å². The molecule has 2 nitrogen and oxygen atoms in total. The van der Waals surface area contributed by atoms with E-state index in [0.717, 1.165) is 25.7 Å². The summed E-state index contributed by atoms with van der Waals surface area (Å²) in [4.78, 5) is 3.48. The average Bonchev–Trinajstić information content (AvgIpc) is 1.90. The molecule has 1 fully saturated rings. The Morgan fingerprint density at radius 2 is 1.78 bits per heavy atom. The van der Waals surface area contributed by atoms with Crippen LogP contribution in [0.5, 0.6) is 0 Å². The Hall–Kier alpha value is -0.550. The molecule has 0 unspecified atom stereocenters. The molecule has 1 saturated carbocycles. The maximum atomic E-state index is 6.75. The Balaban J connectivity index is 2.28. The molecular weight excluding hydrogens is 112 g/mol. The summed E-state index contributed by atoms with van der Waals surface area (Å²) in [6.45, 7) is 6.75. The lowest BCUT2D eigenvalue weighted by Crippen LogP contribution is -2.27. The Morgan fingerprint density at radius 1 is 1.22 bits per heavy atom. The van der Waals surface area contributed by atoms with Crippen molar-refractivity contribution in [2.75, 3.05) is 0 Å². The fraction of sp³-hybridized carbons (Fsp3) is 0.857. The number of hydrogen-bond donors (Lipinski definition) is 1. The molecule has 0 aromatic heterocycles. The largest absolute Gasteiger partial charge is 0.328 e. The number of hydrogen-bond acceptors (Lipinski definition) is 1. The quantitative estimate of drug-likeness (QED) is 0.483. The van der Waals surface area contributed by atoms with Gasteiger partial charge in [-0.15, -0.1) is 0 Å². The highest BCUT2D eigenvalue weighted by molar-refractivity contribution is 4.85. The number of rotatable bonds is 0. The van der Waals surface area contributed by atoms with Crippen molar-refractivity contribution in [2.45, 2.75) is 37.8 Å². The lowest BCUT2D eigenvalue weighted by molar-refractivity contribution is 0.424. The molecular formula is C7H12N2. The number of nitrogens with two attached hydrogens (primary N) is 1. The average molecular weight is 124 g/mol. The molecule has 0 radical (unpaired) electrons. The van der Waals surface area contributed by atoms with Gasteiger partial charge in [-0.3, -0.25) is 0 Å². The van der Waals surface area contributed by atoms with Crippen LogP contribution in [-0.4, -0.2) is 12.1 Å². The van der Waals surface area contributed by atoms with Crippen molar-refractivity contribution in [3.8, 4) is 0 Å². The third-order valence-corrected chi connectivity index (χ3v) is 1.92. The van der Waals surface area contributed by atoms with Crippen LogP contribution in [0, 0.1) is 6.57 Å². The van der Waals surface area contributed by atoms with Crippen molar-refractivity contribution in [1.29, 1.82) is 0 Å². The fourth-order valence-corrected chi connectivity index (χ4v) is 1.23. The van der Waals surface area contributed by atoms with Crippen LogP contribution in [0.2, 0.25) is 0 Å². The first-order valence-corrected chi connectivity index (χ1v) is 3.45. The molecule has 0 heterocycles. The lowest BCUT2D eigenvalue weighted by Gasteiger charge is -2.17. The Bertz CT molecular complexity index is 117. The zero-order chi connectivity index (χ0) is 6.69. The van der Waals surface area contributed by atoms with Crippen molar-refractivity contribution in [3.05, 3.63) is 11.4 Å². The molecule has 1 aliphatic carbocycles. The van der Waals surface area contributed by atoms with Crippen molar-refractivity contribution < 1.29 is 0 Å². The summed E-state index contributed by atoms with van der Waals surface area (Å²) in [5.41, 5.74) is 5.65. The summed E-state index contributed by atoms with van der Waals surface area (Å²) < 4.78 is 0. The highest BCUT2D eigenvalue weighted by Crippen LogP contribution is 2.19. The van der Waals surface area contributed by atoms with Crippen LogP contribution < -0.4 is 5.73 Å². The first-order valence-electron chi connectivity index (χ1n) is 3.45. The van der Waals surface area contributed by atoms with Gasteiger partial charge >= 0.3 is 0 Å². The van der Waals surface area contributed by atoms with Gasteiger partial charge in [0.2, 0.25) is 6.04 Å². The molecule has 50 valence electrons. The number of nitrogens with zero attached hydrogens (tertiary/aromatic N) is 1. The van der Waals surface area contributed by atoms with Gasteiger partial charge in [0.15, 0.2) is 0 Å². The van der Waals surface area contributed by atoms with Crippen LogP contribution >= 0.6 is 0 Å². The minimum Gasteiger partial charge on any atom is -0.328 e. The lowest BCUT2D eigenvalue weighted by atomic mass is 9.92. The van der Waals surface area contributed by atoms with E-state index in [0.29, 0.717) is 6.04 Å². The van der Waals surface area contributed by atoms with E-state index in [4.69, 9.17) is 12.3 Å². The summed E-state index contributed by atoms with van der Waals surface area (Å²) in [7, 11) is 0. The maximum absolute atomic E-state index is 6.75. The summed E-state index contributed by atoms with van der Waals surface area (Å²) in [5, 5.41) is 0. The van der Waals surface area contributed by atoms with E-state index in [-0.39, 0.29) is 6.04 Å². The third-order valence-electron chi connectivity index (χ3n) is 1.92.